The van der Waals surface area contributed by atoms with E-state index in [1.165, 1.54) is 11.3 Å². The molecule has 0 spiro atoms. The van der Waals surface area contributed by atoms with Crippen molar-refractivity contribution in [2.24, 2.45) is 5.92 Å². The van der Waals surface area contributed by atoms with Crippen LogP contribution in [0.3, 0.4) is 0 Å². The fraction of sp³-hybridized carbons (Fsp3) is 0.353. The molecule has 24 heavy (non-hydrogen) atoms. The van der Waals surface area contributed by atoms with Crippen LogP contribution in [0.4, 0.5) is 0 Å². The summed E-state index contributed by atoms with van der Waals surface area (Å²) in [6, 6.07) is 7.83. The van der Waals surface area contributed by atoms with E-state index in [-0.39, 0.29) is 6.61 Å². The van der Waals surface area contributed by atoms with Crippen molar-refractivity contribution < 1.29 is 9.53 Å². The van der Waals surface area contributed by atoms with Gasteiger partial charge in [-0.3, -0.25) is 4.68 Å². The minimum Gasteiger partial charge on any atom is -0.455 e. The summed E-state index contributed by atoms with van der Waals surface area (Å²) in [6.07, 6.45) is 0. The number of hydrogen-bond donors (Lipinski definition) is 0. The highest BCUT2D eigenvalue weighted by Gasteiger charge is 2.22. The van der Waals surface area contributed by atoms with E-state index in [1.807, 2.05) is 24.3 Å². The van der Waals surface area contributed by atoms with Gasteiger partial charge in [-0.15, -0.1) is 11.3 Å². The zero-order valence-corrected chi connectivity index (χ0v) is 15.3. The number of rotatable bonds is 5. The fourth-order valence-corrected chi connectivity index (χ4v) is 3.63. The molecule has 0 saturated carbocycles. The summed E-state index contributed by atoms with van der Waals surface area (Å²) < 4.78 is 8.12. The highest BCUT2D eigenvalue weighted by atomic mass is 35.5. The summed E-state index contributed by atoms with van der Waals surface area (Å²) in [5.41, 5.74) is 1.82. The second kappa shape index (κ2) is 6.91. The van der Waals surface area contributed by atoms with Gasteiger partial charge in [-0.25, -0.2) is 9.78 Å². The van der Waals surface area contributed by atoms with Crippen LogP contribution in [0.1, 0.15) is 34.9 Å². The summed E-state index contributed by atoms with van der Waals surface area (Å²) in [5, 5.41) is 5.42. The standard InChI is InChI=1S/C17H18ClN3O2S/c1-10(2)8-21-16(18)15(11(3)20-21)17(22)23-9-14-19-12-6-4-5-7-13(12)24-14/h4-7,10H,8-9H2,1-3H3. The third-order valence-corrected chi connectivity index (χ3v) is 4.87. The molecule has 0 fully saturated rings. The second-order valence-electron chi connectivity index (χ2n) is 5.98. The molecule has 0 amide bonds. The molecule has 0 atom stereocenters. The van der Waals surface area contributed by atoms with Crippen LogP contribution >= 0.6 is 22.9 Å². The molecule has 7 heteroatoms. The molecular formula is C17H18ClN3O2S. The second-order valence-corrected chi connectivity index (χ2v) is 7.45. The van der Waals surface area contributed by atoms with E-state index in [1.54, 1.807) is 11.6 Å². The van der Waals surface area contributed by atoms with E-state index in [9.17, 15) is 4.79 Å². The molecule has 0 radical (unpaired) electrons. The number of aryl methyl sites for hydroxylation is 1. The van der Waals surface area contributed by atoms with Gasteiger partial charge in [-0.05, 0) is 25.0 Å². The molecule has 126 valence electrons. The lowest BCUT2D eigenvalue weighted by Gasteiger charge is -2.06. The maximum absolute atomic E-state index is 12.4. The van der Waals surface area contributed by atoms with E-state index in [2.05, 4.69) is 23.9 Å². The van der Waals surface area contributed by atoms with E-state index in [0.717, 1.165) is 15.2 Å². The van der Waals surface area contributed by atoms with Gasteiger partial charge < -0.3 is 4.74 Å². The lowest BCUT2D eigenvalue weighted by molar-refractivity contribution is 0.0472. The van der Waals surface area contributed by atoms with Crippen molar-refractivity contribution >= 4 is 39.1 Å². The molecule has 0 aliphatic rings. The largest absolute Gasteiger partial charge is 0.455 e. The third-order valence-electron chi connectivity index (χ3n) is 3.47. The number of para-hydroxylation sites is 1. The van der Waals surface area contributed by atoms with E-state index < -0.39 is 5.97 Å². The van der Waals surface area contributed by atoms with Gasteiger partial charge in [0, 0.05) is 6.54 Å². The SMILES string of the molecule is Cc1nn(CC(C)C)c(Cl)c1C(=O)OCc1nc2ccccc2s1. The van der Waals surface area contributed by atoms with Crippen LogP contribution in [0.25, 0.3) is 10.2 Å². The Labute approximate surface area is 149 Å². The average Bonchev–Trinajstić information content (AvgIpc) is 3.05. The van der Waals surface area contributed by atoms with Crippen molar-refractivity contribution in [2.45, 2.75) is 33.9 Å². The quantitative estimate of drug-likeness (QED) is 0.627. The highest BCUT2D eigenvalue weighted by molar-refractivity contribution is 7.18. The topological polar surface area (TPSA) is 57.0 Å². The van der Waals surface area contributed by atoms with Crippen LogP contribution in [-0.4, -0.2) is 20.7 Å². The Morgan fingerprint density at radius 2 is 2.12 bits per heavy atom. The molecule has 0 bridgehead atoms. The summed E-state index contributed by atoms with van der Waals surface area (Å²) in [4.78, 5) is 16.8. The monoisotopic (exact) mass is 363 g/mol. The first-order chi connectivity index (χ1) is 11.5. The smallest absolute Gasteiger partial charge is 0.343 e. The predicted octanol–water partition coefficient (Wildman–Crippen LogP) is 4.47. The van der Waals surface area contributed by atoms with Crippen LogP contribution in [0, 0.1) is 12.8 Å². The van der Waals surface area contributed by atoms with Crippen LogP contribution in [0.5, 0.6) is 0 Å². The number of carbonyl (C=O) groups is 1. The molecular weight excluding hydrogens is 346 g/mol. The Morgan fingerprint density at radius 1 is 1.38 bits per heavy atom. The molecule has 0 saturated heterocycles. The van der Waals surface area contributed by atoms with Gasteiger partial charge in [-0.2, -0.15) is 5.10 Å². The van der Waals surface area contributed by atoms with Crippen LogP contribution in [0.15, 0.2) is 24.3 Å². The van der Waals surface area contributed by atoms with E-state index in [4.69, 9.17) is 16.3 Å². The minimum atomic E-state index is -0.466. The van der Waals surface area contributed by atoms with Gasteiger partial charge in [-0.1, -0.05) is 37.6 Å². The number of ether oxygens (including phenoxy) is 1. The van der Waals surface area contributed by atoms with E-state index in [0.29, 0.717) is 28.9 Å². The zero-order chi connectivity index (χ0) is 17.3. The zero-order valence-electron chi connectivity index (χ0n) is 13.7. The van der Waals surface area contributed by atoms with Crippen molar-refractivity contribution in [2.75, 3.05) is 0 Å². The molecule has 1 aromatic carbocycles. The van der Waals surface area contributed by atoms with Gasteiger partial charge in [0.15, 0.2) is 0 Å². The molecule has 2 heterocycles. The van der Waals surface area contributed by atoms with Crippen LogP contribution < -0.4 is 0 Å². The van der Waals surface area contributed by atoms with Gasteiger partial charge in [0.1, 0.15) is 22.3 Å². The molecule has 0 aliphatic heterocycles. The van der Waals surface area contributed by atoms with Crippen LogP contribution in [0.2, 0.25) is 5.15 Å². The Bertz CT molecular complexity index is 852. The van der Waals surface area contributed by atoms with E-state index >= 15 is 0 Å². The molecule has 0 N–H and O–H groups in total. The van der Waals surface area contributed by atoms with Gasteiger partial charge >= 0.3 is 5.97 Å². The van der Waals surface area contributed by atoms with Gasteiger partial charge in [0.05, 0.1) is 15.9 Å². The molecule has 0 unspecified atom stereocenters. The predicted molar refractivity (Wildman–Crippen MR) is 95.6 cm³/mol. The average molecular weight is 364 g/mol. The van der Waals surface area contributed by atoms with Gasteiger partial charge in [0.25, 0.3) is 0 Å². The van der Waals surface area contributed by atoms with Crippen molar-refractivity contribution in [3.8, 4) is 0 Å². The number of aromatic nitrogens is 3. The summed E-state index contributed by atoms with van der Waals surface area (Å²) in [7, 11) is 0. The molecule has 2 aromatic heterocycles. The molecule has 3 rings (SSSR count). The number of halogens is 1. The minimum absolute atomic E-state index is 0.128. The number of carbonyl (C=O) groups excluding carboxylic acids is 1. The first-order valence-electron chi connectivity index (χ1n) is 7.70. The summed E-state index contributed by atoms with van der Waals surface area (Å²) in [5.74, 6) is -0.0832. The normalized spacial score (nSPS) is 11.4. The number of nitrogens with zero attached hydrogens (tertiary/aromatic N) is 3. The molecule has 0 aliphatic carbocycles. The third kappa shape index (κ3) is 3.44. The van der Waals surface area contributed by atoms with Gasteiger partial charge in [0.2, 0.25) is 0 Å². The molecule has 5 nitrogen and oxygen atoms in total. The van der Waals surface area contributed by atoms with Crippen LogP contribution in [-0.2, 0) is 17.9 Å². The maximum Gasteiger partial charge on any atom is 0.343 e. The highest BCUT2D eigenvalue weighted by Crippen LogP contribution is 2.24. The lowest BCUT2D eigenvalue weighted by Crippen LogP contribution is -2.08. The van der Waals surface area contributed by atoms with Crippen molar-refractivity contribution in [3.63, 3.8) is 0 Å². The van der Waals surface area contributed by atoms with Crippen molar-refractivity contribution in [1.29, 1.82) is 0 Å². The Kier molecular flexibility index (Phi) is 4.87. The van der Waals surface area contributed by atoms with Crippen molar-refractivity contribution in [1.82, 2.24) is 14.8 Å². The Morgan fingerprint density at radius 3 is 2.83 bits per heavy atom. The lowest BCUT2D eigenvalue weighted by atomic mass is 10.2. The first kappa shape index (κ1) is 16.9. The number of fused-ring (bicyclic) bond motifs is 1. The molecule has 3 aromatic rings. The number of esters is 1. The fourth-order valence-electron chi connectivity index (χ4n) is 2.43. The summed E-state index contributed by atoms with van der Waals surface area (Å²) in [6.45, 7) is 6.68. The summed E-state index contributed by atoms with van der Waals surface area (Å²) >= 11 is 7.82. The first-order valence-corrected chi connectivity index (χ1v) is 8.89. The Hall–Kier alpha value is -1.92. The maximum atomic E-state index is 12.4. The number of thiazole rings is 1. The Balaban J connectivity index is 1.74. The van der Waals surface area contributed by atoms with Crippen molar-refractivity contribution in [3.05, 3.63) is 45.7 Å². The number of benzene rings is 1. The number of hydrogen-bond acceptors (Lipinski definition) is 5.